The number of allylic oxidation sites excluding steroid dienone is 3. The molecule has 0 aromatic carbocycles. The SMILES string of the molecule is CCC(C)CC(S)C=CC=CCCC(C)=O. The van der Waals surface area contributed by atoms with Gasteiger partial charge in [0.1, 0.15) is 5.78 Å². The highest BCUT2D eigenvalue weighted by Crippen LogP contribution is 2.14. The van der Waals surface area contributed by atoms with E-state index in [9.17, 15) is 4.79 Å². The van der Waals surface area contributed by atoms with Gasteiger partial charge in [-0.1, -0.05) is 44.6 Å². The Morgan fingerprint density at radius 2 is 2.06 bits per heavy atom. The summed E-state index contributed by atoms with van der Waals surface area (Å²) in [6, 6.07) is 0. The quantitative estimate of drug-likeness (QED) is 0.497. The number of carbonyl (C=O) groups is 1. The van der Waals surface area contributed by atoms with E-state index in [2.05, 4.69) is 32.6 Å². The van der Waals surface area contributed by atoms with Gasteiger partial charge in [0, 0.05) is 11.7 Å². The molecule has 0 spiro atoms. The number of hydrogen-bond donors (Lipinski definition) is 1. The molecule has 2 heteroatoms. The number of hydrogen-bond acceptors (Lipinski definition) is 2. The normalized spacial score (nSPS) is 15.8. The van der Waals surface area contributed by atoms with Crippen LogP contribution in [0, 0.1) is 5.92 Å². The first-order chi connectivity index (χ1) is 7.56. The molecule has 2 atom stereocenters. The van der Waals surface area contributed by atoms with E-state index in [1.54, 1.807) is 6.92 Å². The number of ketones is 1. The molecule has 0 N–H and O–H groups in total. The first kappa shape index (κ1) is 15.5. The van der Waals surface area contributed by atoms with Crippen molar-refractivity contribution in [1.82, 2.24) is 0 Å². The molecule has 0 heterocycles. The Morgan fingerprint density at radius 1 is 1.38 bits per heavy atom. The van der Waals surface area contributed by atoms with Crippen molar-refractivity contribution in [2.24, 2.45) is 5.92 Å². The molecule has 0 bridgehead atoms. The van der Waals surface area contributed by atoms with E-state index in [0.717, 1.165) is 18.8 Å². The average Bonchev–Trinajstić information content (AvgIpc) is 2.22. The average molecular weight is 240 g/mol. The van der Waals surface area contributed by atoms with Crippen LogP contribution in [0.25, 0.3) is 0 Å². The molecular formula is C14H24OS. The van der Waals surface area contributed by atoms with Gasteiger partial charge in [-0.2, -0.15) is 12.6 Å². The van der Waals surface area contributed by atoms with Crippen molar-refractivity contribution in [1.29, 1.82) is 0 Å². The van der Waals surface area contributed by atoms with Gasteiger partial charge in [0.15, 0.2) is 0 Å². The summed E-state index contributed by atoms with van der Waals surface area (Å²) in [4.78, 5) is 10.7. The van der Waals surface area contributed by atoms with Crippen LogP contribution in [-0.4, -0.2) is 11.0 Å². The van der Waals surface area contributed by atoms with E-state index >= 15 is 0 Å². The molecule has 0 aliphatic rings. The van der Waals surface area contributed by atoms with E-state index < -0.39 is 0 Å². The van der Waals surface area contributed by atoms with Crippen molar-refractivity contribution in [3.05, 3.63) is 24.3 Å². The molecule has 2 unspecified atom stereocenters. The second kappa shape index (κ2) is 9.71. The maximum atomic E-state index is 10.7. The van der Waals surface area contributed by atoms with Gasteiger partial charge < -0.3 is 4.79 Å². The number of Topliss-reactive ketones (excluding diaryl/α,β-unsaturated/α-hetero) is 1. The summed E-state index contributed by atoms with van der Waals surface area (Å²) in [5.74, 6) is 0.978. The number of carbonyl (C=O) groups excluding carboxylic acids is 1. The van der Waals surface area contributed by atoms with Crippen LogP contribution < -0.4 is 0 Å². The maximum absolute atomic E-state index is 10.7. The number of rotatable bonds is 8. The van der Waals surface area contributed by atoms with Crippen LogP contribution in [0.5, 0.6) is 0 Å². The van der Waals surface area contributed by atoms with Gasteiger partial charge in [-0.25, -0.2) is 0 Å². The molecule has 0 rings (SSSR count). The highest BCUT2D eigenvalue weighted by Gasteiger charge is 2.03. The van der Waals surface area contributed by atoms with Crippen LogP contribution in [0.3, 0.4) is 0 Å². The summed E-state index contributed by atoms with van der Waals surface area (Å²) < 4.78 is 0. The molecule has 0 aliphatic heterocycles. The first-order valence-electron chi connectivity index (χ1n) is 6.07. The van der Waals surface area contributed by atoms with Crippen molar-refractivity contribution >= 4 is 18.4 Å². The van der Waals surface area contributed by atoms with Crippen LogP contribution in [-0.2, 0) is 4.79 Å². The van der Waals surface area contributed by atoms with Gasteiger partial charge in [0.05, 0.1) is 0 Å². The lowest BCUT2D eigenvalue weighted by Crippen LogP contribution is -2.01. The van der Waals surface area contributed by atoms with Crippen molar-refractivity contribution < 1.29 is 4.79 Å². The van der Waals surface area contributed by atoms with Crippen LogP contribution >= 0.6 is 12.6 Å². The Morgan fingerprint density at radius 3 is 2.62 bits per heavy atom. The van der Waals surface area contributed by atoms with Gasteiger partial charge >= 0.3 is 0 Å². The Hall–Kier alpha value is -0.500. The summed E-state index contributed by atoms with van der Waals surface area (Å²) in [7, 11) is 0. The summed E-state index contributed by atoms with van der Waals surface area (Å²) in [6.45, 7) is 6.08. The minimum absolute atomic E-state index is 0.248. The molecule has 0 radical (unpaired) electrons. The fourth-order valence-electron chi connectivity index (χ4n) is 1.31. The fourth-order valence-corrected chi connectivity index (χ4v) is 1.77. The topological polar surface area (TPSA) is 17.1 Å². The van der Waals surface area contributed by atoms with Gasteiger partial charge in [0.25, 0.3) is 0 Å². The second-order valence-electron chi connectivity index (χ2n) is 4.37. The molecule has 16 heavy (non-hydrogen) atoms. The van der Waals surface area contributed by atoms with Crippen LogP contribution in [0.1, 0.15) is 46.5 Å². The lowest BCUT2D eigenvalue weighted by Gasteiger charge is -2.10. The molecule has 0 aromatic heterocycles. The lowest BCUT2D eigenvalue weighted by atomic mass is 10.0. The van der Waals surface area contributed by atoms with E-state index in [-0.39, 0.29) is 5.78 Å². The molecule has 0 saturated heterocycles. The molecule has 0 fully saturated rings. The van der Waals surface area contributed by atoms with E-state index in [0.29, 0.717) is 11.7 Å². The monoisotopic (exact) mass is 240 g/mol. The summed E-state index contributed by atoms with van der Waals surface area (Å²) in [5.41, 5.74) is 0. The van der Waals surface area contributed by atoms with Crippen molar-refractivity contribution in [3.8, 4) is 0 Å². The van der Waals surface area contributed by atoms with E-state index in [1.807, 2.05) is 18.2 Å². The van der Waals surface area contributed by atoms with Gasteiger partial charge in [-0.05, 0) is 25.7 Å². The van der Waals surface area contributed by atoms with Crippen LogP contribution in [0.15, 0.2) is 24.3 Å². The molecule has 0 amide bonds. The fraction of sp³-hybridized carbons (Fsp3) is 0.643. The third-order valence-electron chi connectivity index (χ3n) is 2.58. The minimum atomic E-state index is 0.248. The predicted molar refractivity (Wildman–Crippen MR) is 75.0 cm³/mol. The van der Waals surface area contributed by atoms with E-state index in [1.165, 1.54) is 6.42 Å². The number of thiol groups is 1. The summed E-state index contributed by atoms with van der Waals surface area (Å²) in [5, 5.41) is 0.340. The Kier molecular flexibility index (Phi) is 9.40. The molecule has 92 valence electrons. The van der Waals surface area contributed by atoms with Crippen molar-refractivity contribution in [2.75, 3.05) is 0 Å². The second-order valence-corrected chi connectivity index (χ2v) is 5.03. The Balaban J connectivity index is 3.69. The first-order valence-corrected chi connectivity index (χ1v) is 6.58. The zero-order valence-corrected chi connectivity index (χ0v) is 11.5. The smallest absolute Gasteiger partial charge is 0.130 e. The predicted octanol–water partition coefficient (Wildman–Crippen LogP) is 4.20. The van der Waals surface area contributed by atoms with Crippen molar-refractivity contribution in [2.45, 2.75) is 51.7 Å². The van der Waals surface area contributed by atoms with Crippen LogP contribution in [0.2, 0.25) is 0 Å². The standard InChI is InChI=1S/C14H24OS/c1-4-12(2)11-14(16)10-8-6-5-7-9-13(3)15/h5-6,8,10,12,14,16H,4,7,9,11H2,1-3H3. The summed E-state index contributed by atoms with van der Waals surface area (Å²) in [6.07, 6.45) is 12.0. The molecule has 0 aromatic rings. The van der Waals surface area contributed by atoms with Crippen LogP contribution in [0.4, 0.5) is 0 Å². The van der Waals surface area contributed by atoms with Gasteiger partial charge in [0.2, 0.25) is 0 Å². The zero-order chi connectivity index (χ0) is 12.4. The van der Waals surface area contributed by atoms with Gasteiger partial charge in [-0.3, -0.25) is 0 Å². The molecule has 0 saturated carbocycles. The summed E-state index contributed by atoms with van der Waals surface area (Å²) >= 11 is 4.51. The lowest BCUT2D eigenvalue weighted by molar-refractivity contribution is -0.116. The molecular weight excluding hydrogens is 216 g/mol. The third kappa shape index (κ3) is 10.0. The molecule has 1 nitrogen and oxygen atoms in total. The largest absolute Gasteiger partial charge is 0.300 e. The molecule has 0 aliphatic carbocycles. The maximum Gasteiger partial charge on any atom is 0.130 e. The van der Waals surface area contributed by atoms with Gasteiger partial charge in [-0.15, -0.1) is 0 Å². The zero-order valence-electron chi connectivity index (χ0n) is 10.6. The Bertz CT molecular complexity index is 243. The third-order valence-corrected chi connectivity index (χ3v) is 2.97. The highest BCUT2D eigenvalue weighted by molar-refractivity contribution is 7.81. The minimum Gasteiger partial charge on any atom is -0.300 e. The highest BCUT2D eigenvalue weighted by atomic mass is 32.1. The van der Waals surface area contributed by atoms with Crippen molar-refractivity contribution in [3.63, 3.8) is 0 Å². The Labute approximate surface area is 105 Å². The van der Waals surface area contributed by atoms with E-state index in [4.69, 9.17) is 0 Å².